The van der Waals surface area contributed by atoms with E-state index in [0.717, 1.165) is 10.0 Å². The summed E-state index contributed by atoms with van der Waals surface area (Å²) in [5.74, 6) is -0.228. The number of ether oxygens (including phenoxy) is 1. The number of nitrogens with zero attached hydrogens (tertiary/aromatic N) is 2. The molecule has 0 radical (unpaired) electrons. The van der Waals surface area contributed by atoms with Gasteiger partial charge >= 0.3 is 0 Å². The third kappa shape index (κ3) is 4.79. The minimum Gasteiger partial charge on any atom is -0.487 e. The van der Waals surface area contributed by atoms with Crippen molar-refractivity contribution >= 4 is 83.0 Å². The van der Waals surface area contributed by atoms with Crippen LogP contribution in [-0.4, -0.2) is 40.8 Å². The number of amides is 2. The van der Waals surface area contributed by atoms with Gasteiger partial charge < -0.3 is 4.74 Å². The number of hydrogen-bond acceptors (Lipinski definition) is 4. The third-order valence-corrected chi connectivity index (χ3v) is 6.53. The molecular weight excluding hydrogens is 588 g/mol. The van der Waals surface area contributed by atoms with E-state index in [4.69, 9.17) is 17.0 Å². The molecule has 1 fully saturated rings. The average molecular weight is 603 g/mol. The monoisotopic (exact) mass is 600 g/mol. The van der Waals surface area contributed by atoms with Crippen molar-refractivity contribution in [2.75, 3.05) is 14.1 Å². The van der Waals surface area contributed by atoms with Crippen molar-refractivity contribution in [2.45, 2.75) is 6.61 Å². The van der Waals surface area contributed by atoms with Crippen LogP contribution >= 0.6 is 60.0 Å². The van der Waals surface area contributed by atoms with E-state index in [9.17, 15) is 9.59 Å². The van der Waals surface area contributed by atoms with Gasteiger partial charge in [0.05, 0.1) is 8.95 Å². The SMILES string of the molecule is CN1C(=O)C(=Cc2cc(Br)c(OCc3ccc(Br)cc3)c(Br)c2)C(=O)N(C)C1=S. The Hall–Kier alpha value is -1.55. The summed E-state index contributed by atoms with van der Waals surface area (Å²) in [7, 11) is 3.10. The summed E-state index contributed by atoms with van der Waals surface area (Å²) in [6.07, 6.45) is 1.55. The lowest BCUT2D eigenvalue weighted by atomic mass is 10.1. The molecule has 1 aliphatic heterocycles. The fourth-order valence-corrected chi connectivity index (χ4v) is 4.56. The molecule has 2 amide bonds. The number of carbonyl (C=O) groups is 2. The maximum Gasteiger partial charge on any atom is 0.265 e. The smallest absolute Gasteiger partial charge is 0.265 e. The van der Waals surface area contributed by atoms with Gasteiger partial charge in [-0.05, 0) is 85.5 Å². The second-order valence-corrected chi connectivity index (χ2v) is 9.29. The normalized spacial score (nSPS) is 14.5. The Morgan fingerprint density at radius 3 is 2.00 bits per heavy atom. The number of halogens is 3. The van der Waals surface area contributed by atoms with Crippen LogP contribution in [0.15, 0.2) is 55.4 Å². The van der Waals surface area contributed by atoms with Crippen LogP contribution in [0.25, 0.3) is 6.08 Å². The van der Waals surface area contributed by atoms with Gasteiger partial charge in [0.25, 0.3) is 11.8 Å². The van der Waals surface area contributed by atoms with E-state index in [0.29, 0.717) is 26.9 Å². The molecule has 2 aromatic carbocycles. The molecule has 0 aliphatic carbocycles. The van der Waals surface area contributed by atoms with Crippen LogP contribution in [-0.2, 0) is 16.2 Å². The lowest BCUT2D eigenvalue weighted by molar-refractivity contribution is -0.132. The first kappa shape index (κ1) is 22.1. The fraction of sp³-hybridized carbons (Fsp3) is 0.150. The highest BCUT2D eigenvalue weighted by molar-refractivity contribution is 9.11. The first-order valence-corrected chi connectivity index (χ1v) is 11.2. The van der Waals surface area contributed by atoms with Crippen molar-refractivity contribution in [3.05, 3.63) is 66.5 Å². The zero-order valence-corrected chi connectivity index (χ0v) is 21.0. The van der Waals surface area contributed by atoms with Crippen LogP contribution in [0.4, 0.5) is 0 Å². The van der Waals surface area contributed by atoms with Crippen molar-refractivity contribution in [1.82, 2.24) is 9.80 Å². The van der Waals surface area contributed by atoms with E-state index < -0.39 is 11.8 Å². The fourth-order valence-electron chi connectivity index (χ4n) is 2.68. The molecule has 2 aromatic rings. The highest BCUT2D eigenvalue weighted by Crippen LogP contribution is 2.36. The molecule has 1 saturated heterocycles. The lowest BCUT2D eigenvalue weighted by Gasteiger charge is -2.31. The number of likely N-dealkylation sites (N-methyl/N-ethyl adjacent to an activating group) is 2. The van der Waals surface area contributed by atoms with E-state index in [1.165, 1.54) is 9.80 Å². The van der Waals surface area contributed by atoms with Gasteiger partial charge in [-0.2, -0.15) is 0 Å². The molecule has 1 heterocycles. The molecule has 5 nitrogen and oxygen atoms in total. The van der Waals surface area contributed by atoms with Gasteiger partial charge in [0.15, 0.2) is 5.11 Å². The van der Waals surface area contributed by atoms with Gasteiger partial charge in [-0.15, -0.1) is 0 Å². The summed E-state index contributed by atoms with van der Waals surface area (Å²) in [6.45, 7) is 0.398. The Balaban J connectivity index is 1.86. The zero-order valence-electron chi connectivity index (χ0n) is 15.4. The molecule has 29 heavy (non-hydrogen) atoms. The summed E-state index contributed by atoms with van der Waals surface area (Å²) < 4.78 is 8.33. The molecule has 150 valence electrons. The highest BCUT2D eigenvalue weighted by atomic mass is 79.9. The molecule has 0 bridgehead atoms. The first-order valence-electron chi connectivity index (χ1n) is 8.37. The van der Waals surface area contributed by atoms with Crippen LogP contribution in [0.5, 0.6) is 5.75 Å². The van der Waals surface area contributed by atoms with E-state index in [1.54, 1.807) is 32.3 Å². The minimum absolute atomic E-state index is 0.0472. The number of hydrogen-bond donors (Lipinski definition) is 0. The van der Waals surface area contributed by atoms with Crippen molar-refractivity contribution in [2.24, 2.45) is 0 Å². The Kier molecular flexibility index (Phi) is 6.93. The van der Waals surface area contributed by atoms with E-state index in [1.807, 2.05) is 24.3 Å². The van der Waals surface area contributed by atoms with Crippen molar-refractivity contribution in [1.29, 1.82) is 0 Å². The summed E-state index contributed by atoms with van der Waals surface area (Å²) in [6, 6.07) is 11.4. The molecular formula is C20H15Br3N2O3S. The Labute approximate surface area is 199 Å². The van der Waals surface area contributed by atoms with Gasteiger partial charge in [0.1, 0.15) is 17.9 Å². The maximum atomic E-state index is 12.5. The summed E-state index contributed by atoms with van der Waals surface area (Å²) in [4.78, 5) is 27.5. The zero-order chi connectivity index (χ0) is 21.3. The molecule has 0 saturated carbocycles. The van der Waals surface area contributed by atoms with E-state index in [2.05, 4.69) is 47.8 Å². The minimum atomic E-state index is -0.430. The third-order valence-electron chi connectivity index (χ3n) is 4.27. The topological polar surface area (TPSA) is 49.9 Å². The number of benzene rings is 2. The van der Waals surface area contributed by atoms with Crippen LogP contribution in [0.3, 0.4) is 0 Å². The van der Waals surface area contributed by atoms with Crippen LogP contribution in [0, 0.1) is 0 Å². The number of rotatable bonds is 4. The Morgan fingerprint density at radius 2 is 1.48 bits per heavy atom. The Morgan fingerprint density at radius 1 is 0.966 bits per heavy atom. The predicted molar refractivity (Wildman–Crippen MR) is 126 cm³/mol. The van der Waals surface area contributed by atoms with Gasteiger partial charge in [0, 0.05) is 18.6 Å². The first-order chi connectivity index (χ1) is 13.7. The summed E-state index contributed by atoms with van der Waals surface area (Å²) >= 11 is 15.5. The van der Waals surface area contributed by atoms with Crippen molar-refractivity contribution in [3.63, 3.8) is 0 Å². The van der Waals surface area contributed by atoms with Crippen LogP contribution in [0.1, 0.15) is 11.1 Å². The average Bonchev–Trinajstić information content (AvgIpc) is 2.69. The second-order valence-electron chi connectivity index (χ2n) is 6.30. The Bertz CT molecular complexity index is 989. The molecule has 0 atom stereocenters. The van der Waals surface area contributed by atoms with Gasteiger partial charge in [0.2, 0.25) is 0 Å². The quantitative estimate of drug-likeness (QED) is 0.276. The van der Waals surface area contributed by atoms with Crippen LogP contribution < -0.4 is 4.74 Å². The highest BCUT2D eigenvalue weighted by Gasteiger charge is 2.35. The molecule has 0 aromatic heterocycles. The van der Waals surface area contributed by atoms with Gasteiger partial charge in [-0.1, -0.05) is 28.1 Å². The molecule has 1 aliphatic rings. The van der Waals surface area contributed by atoms with Crippen molar-refractivity contribution < 1.29 is 14.3 Å². The van der Waals surface area contributed by atoms with E-state index >= 15 is 0 Å². The summed E-state index contributed by atoms with van der Waals surface area (Å²) in [5.41, 5.74) is 1.75. The number of thiocarbonyl (C=S) groups is 1. The molecule has 0 unspecified atom stereocenters. The lowest BCUT2D eigenvalue weighted by Crippen LogP contribution is -2.52. The van der Waals surface area contributed by atoms with E-state index in [-0.39, 0.29) is 10.7 Å². The maximum absolute atomic E-state index is 12.5. The summed E-state index contributed by atoms with van der Waals surface area (Å²) in [5, 5.41) is 0.177. The second kappa shape index (κ2) is 9.07. The largest absolute Gasteiger partial charge is 0.487 e. The number of carbonyl (C=O) groups excluding carboxylic acids is 2. The molecule has 0 N–H and O–H groups in total. The van der Waals surface area contributed by atoms with Crippen LogP contribution in [0.2, 0.25) is 0 Å². The van der Waals surface area contributed by atoms with Gasteiger partial charge in [-0.3, -0.25) is 19.4 Å². The molecule has 3 rings (SSSR count). The molecule has 0 spiro atoms. The molecule has 9 heteroatoms. The predicted octanol–water partition coefficient (Wildman–Crippen LogP) is 5.15. The van der Waals surface area contributed by atoms with Crippen molar-refractivity contribution in [3.8, 4) is 5.75 Å². The van der Waals surface area contributed by atoms with Gasteiger partial charge in [-0.25, -0.2) is 0 Å². The standard InChI is InChI=1S/C20H15Br3N2O3S/c1-24-18(26)14(19(27)25(2)20(24)29)7-12-8-15(22)17(16(23)9-12)28-10-11-3-5-13(21)6-4-11/h3-9H,10H2,1-2H3.